The van der Waals surface area contributed by atoms with Crippen LogP contribution in [0.15, 0.2) is 24.3 Å². The molecule has 0 radical (unpaired) electrons. The van der Waals surface area contributed by atoms with Gasteiger partial charge in [0, 0.05) is 27.2 Å². The first-order valence-corrected chi connectivity index (χ1v) is 9.46. The van der Waals surface area contributed by atoms with Crippen molar-refractivity contribution in [2.24, 2.45) is 0 Å². The highest BCUT2D eigenvalue weighted by atomic mass is 32.2. The van der Waals surface area contributed by atoms with Crippen molar-refractivity contribution in [3.05, 3.63) is 30.1 Å². The van der Waals surface area contributed by atoms with Gasteiger partial charge in [-0.15, -0.1) is 0 Å². The van der Waals surface area contributed by atoms with Crippen molar-refractivity contribution in [2.45, 2.75) is 25.7 Å². The number of para-hydroxylation sites is 1. The largest absolute Gasteiger partial charge is 0.341 e. The van der Waals surface area contributed by atoms with E-state index in [4.69, 9.17) is 0 Å². The van der Waals surface area contributed by atoms with Crippen molar-refractivity contribution in [1.82, 2.24) is 9.21 Å². The molecule has 6 nitrogen and oxygen atoms in total. The molecule has 0 spiro atoms. The highest BCUT2D eigenvalue weighted by molar-refractivity contribution is 7.90. The van der Waals surface area contributed by atoms with Crippen molar-refractivity contribution >= 4 is 21.8 Å². The lowest BCUT2D eigenvalue weighted by Gasteiger charge is -2.29. The molecule has 1 amide bonds. The molecule has 0 aromatic heterocycles. The van der Waals surface area contributed by atoms with Crippen LogP contribution in [-0.2, 0) is 15.0 Å². The summed E-state index contributed by atoms with van der Waals surface area (Å²) in [7, 11) is -1.26. The number of anilines is 1. The Hall–Kier alpha value is -1.67. The Balaban J connectivity index is 2.30. The van der Waals surface area contributed by atoms with E-state index in [2.05, 4.69) is 0 Å². The number of hydrogen-bond donors (Lipinski definition) is 0. The maximum atomic E-state index is 14.1. The van der Waals surface area contributed by atoms with Gasteiger partial charge in [-0.2, -0.15) is 12.7 Å². The molecule has 0 saturated carbocycles. The van der Waals surface area contributed by atoms with Crippen LogP contribution in [0.1, 0.15) is 25.7 Å². The molecule has 0 aliphatic carbocycles. The predicted octanol–water partition coefficient (Wildman–Crippen LogP) is 1.84. The molecule has 1 aliphatic rings. The SMILES string of the molecule is CN(C)S(=O)(=O)N(CC(=O)N1CCCCCC1)c1ccccc1F. The number of nitrogens with zero attached hydrogens (tertiary/aromatic N) is 3. The molecule has 2 rings (SSSR count). The first-order valence-electron chi connectivity index (χ1n) is 8.06. The first kappa shape index (κ1) is 18.7. The third-order valence-electron chi connectivity index (χ3n) is 4.10. The molecule has 0 atom stereocenters. The number of carbonyl (C=O) groups is 1. The third kappa shape index (κ3) is 4.24. The van der Waals surface area contributed by atoms with E-state index >= 15 is 0 Å². The van der Waals surface area contributed by atoms with Gasteiger partial charge in [-0.1, -0.05) is 25.0 Å². The Morgan fingerprint density at radius 3 is 2.25 bits per heavy atom. The fourth-order valence-corrected chi connectivity index (χ4v) is 3.75. The van der Waals surface area contributed by atoms with Gasteiger partial charge in [-0.3, -0.25) is 4.79 Å². The maximum Gasteiger partial charge on any atom is 0.304 e. The third-order valence-corrected chi connectivity index (χ3v) is 5.90. The van der Waals surface area contributed by atoms with Crippen LogP contribution in [0.4, 0.5) is 10.1 Å². The van der Waals surface area contributed by atoms with Gasteiger partial charge in [-0.25, -0.2) is 8.70 Å². The number of hydrogen-bond acceptors (Lipinski definition) is 3. The molecule has 1 aromatic carbocycles. The van der Waals surface area contributed by atoms with Crippen LogP contribution < -0.4 is 4.31 Å². The van der Waals surface area contributed by atoms with Gasteiger partial charge in [0.05, 0.1) is 5.69 Å². The molecule has 0 N–H and O–H groups in total. The molecule has 1 aromatic rings. The van der Waals surface area contributed by atoms with E-state index in [0.717, 1.165) is 34.3 Å². The van der Waals surface area contributed by atoms with Crippen LogP contribution in [-0.4, -0.2) is 57.3 Å². The lowest BCUT2D eigenvalue weighted by atomic mass is 10.2. The Bertz CT molecular complexity index is 671. The topological polar surface area (TPSA) is 60.9 Å². The number of rotatable bonds is 5. The highest BCUT2D eigenvalue weighted by Gasteiger charge is 2.30. The molecule has 1 aliphatic heterocycles. The standard InChI is InChI=1S/C16H24FN3O3S/c1-18(2)24(22,23)20(15-10-6-5-9-14(15)17)13-16(21)19-11-7-3-4-8-12-19/h5-6,9-10H,3-4,7-8,11-13H2,1-2H3. The van der Waals surface area contributed by atoms with Gasteiger partial charge >= 0.3 is 10.2 Å². The van der Waals surface area contributed by atoms with Crippen LogP contribution in [0, 0.1) is 5.82 Å². The molecular formula is C16H24FN3O3S. The number of amides is 1. The molecule has 8 heteroatoms. The Morgan fingerprint density at radius 1 is 1.12 bits per heavy atom. The summed E-state index contributed by atoms with van der Waals surface area (Å²) in [6.07, 6.45) is 3.95. The molecule has 0 bridgehead atoms. The summed E-state index contributed by atoms with van der Waals surface area (Å²) in [5.74, 6) is -0.975. The van der Waals surface area contributed by atoms with Crippen molar-refractivity contribution in [3.8, 4) is 0 Å². The molecule has 24 heavy (non-hydrogen) atoms. The van der Waals surface area contributed by atoms with E-state index in [1.54, 1.807) is 11.0 Å². The molecule has 134 valence electrons. The Kier molecular flexibility index (Phi) is 6.17. The van der Waals surface area contributed by atoms with Gasteiger partial charge in [0.2, 0.25) is 5.91 Å². The second-order valence-electron chi connectivity index (χ2n) is 6.04. The minimum absolute atomic E-state index is 0.116. The highest BCUT2D eigenvalue weighted by Crippen LogP contribution is 2.23. The lowest BCUT2D eigenvalue weighted by molar-refractivity contribution is -0.129. The summed E-state index contributed by atoms with van der Waals surface area (Å²) in [4.78, 5) is 14.3. The monoisotopic (exact) mass is 357 g/mol. The van der Waals surface area contributed by atoms with Crippen LogP contribution in [0.25, 0.3) is 0 Å². The molecule has 1 fully saturated rings. The second-order valence-corrected chi connectivity index (χ2v) is 8.11. The normalized spacial score (nSPS) is 16.1. The fraction of sp³-hybridized carbons (Fsp3) is 0.562. The fourth-order valence-electron chi connectivity index (χ4n) is 2.69. The predicted molar refractivity (Wildman–Crippen MR) is 91.4 cm³/mol. The quantitative estimate of drug-likeness (QED) is 0.808. The molecular weight excluding hydrogens is 333 g/mol. The molecule has 1 heterocycles. The van der Waals surface area contributed by atoms with Crippen molar-refractivity contribution < 1.29 is 17.6 Å². The van der Waals surface area contributed by atoms with E-state index < -0.39 is 22.6 Å². The summed E-state index contributed by atoms with van der Waals surface area (Å²) in [6, 6.07) is 5.58. The Morgan fingerprint density at radius 2 is 1.71 bits per heavy atom. The number of halogens is 1. The summed E-state index contributed by atoms with van der Waals surface area (Å²) < 4.78 is 41.1. The zero-order chi connectivity index (χ0) is 17.7. The Labute approximate surface area is 143 Å². The van der Waals surface area contributed by atoms with E-state index in [1.165, 1.54) is 32.3 Å². The van der Waals surface area contributed by atoms with Gasteiger partial charge in [0.1, 0.15) is 12.4 Å². The van der Waals surface area contributed by atoms with E-state index in [-0.39, 0.29) is 11.6 Å². The van der Waals surface area contributed by atoms with Crippen molar-refractivity contribution in [2.75, 3.05) is 38.0 Å². The molecule has 1 saturated heterocycles. The average Bonchev–Trinajstić information content (AvgIpc) is 2.82. The summed E-state index contributed by atoms with van der Waals surface area (Å²) in [5, 5.41) is 0. The van der Waals surface area contributed by atoms with Crippen molar-refractivity contribution in [3.63, 3.8) is 0 Å². The first-order chi connectivity index (χ1) is 11.3. The summed E-state index contributed by atoms with van der Waals surface area (Å²) >= 11 is 0. The summed E-state index contributed by atoms with van der Waals surface area (Å²) in [6.45, 7) is 0.833. The lowest BCUT2D eigenvalue weighted by Crippen LogP contribution is -2.47. The number of benzene rings is 1. The van der Waals surface area contributed by atoms with Crippen LogP contribution in [0.5, 0.6) is 0 Å². The zero-order valence-corrected chi connectivity index (χ0v) is 14.9. The van der Waals surface area contributed by atoms with E-state index in [1.807, 2.05) is 0 Å². The van der Waals surface area contributed by atoms with E-state index in [9.17, 15) is 17.6 Å². The zero-order valence-electron chi connectivity index (χ0n) is 14.1. The van der Waals surface area contributed by atoms with Gasteiger partial charge in [-0.05, 0) is 25.0 Å². The smallest absolute Gasteiger partial charge is 0.304 e. The van der Waals surface area contributed by atoms with Gasteiger partial charge in [0.25, 0.3) is 0 Å². The molecule has 0 unspecified atom stereocenters. The van der Waals surface area contributed by atoms with Crippen LogP contribution >= 0.6 is 0 Å². The number of carbonyl (C=O) groups excluding carboxylic acids is 1. The number of likely N-dealkylation sites (tertiary alicyclic amines) is 1. The minimum atomic E-state index is -3.98. The second kappa shape index (κ2) is 7.94. The van der Waals surface area contributed by atoms with Crippen LogP contribution in [0.3, 0.4) is 0 Å². The van der Waals surface area contributed by atoms with Crippen molar-refractivity contribution in [1.29, 1.82) is 0 Å². The summed E-state index contributed by atoms with van der Waals surface area (Å²) in [5.41, 5.74) is -0.116. The maximum absolute atomic E-state index is 14.1. The van der Waals surface area contributed by atoms with Gasteiger partial charge < -0.3 is 4.90 Å². The van der Waals surface area contributed by atoms with Gasteiger partial charge in [0.15, 0.2) is 0 Å². The minimum Gasteiger partial charge on any atom is -0.341 e. The van der Waals surface area contributed by atoms with E-state index in [0.29, 0.717) is 13.1 Å². The van der Waals surface area contributed by atoms with Crippen LogP contribution in [0.2, 0.25) is 0 Å². The average molecular weight is 357 g/mol.